The number of amidine groups is 2. The summed E-state index contributed by atoms with van der Waals surface area (Å²) in [4.78, 5) is 31.8. The van der Waals surface area contributed by atoms with Gasteiger partial charge in [-0.25, -0.2) is 9.59 Å². The van der Waals surface area contributed by atoms with Crippen LogP contribution in [0.15, 0.2) is 107 Å². The number of ether oxygens (including phenoxy) is 6. The fraction of sp³-hybridized carbons (Fsp3) is 0.200. The lowest BCUT2D eigenvalue weighted by Gasteiger charge is -2.09. The molecule has 2 amide bonds. The monoisotopic (exact) mass is 640 g/mol. The van der Waals surface area contributed by atoms with E-state index in [2.05, 4.69) is 9.98 Å². The van der Waals surface area contributed by atoms with Gasteiger partial charge in [0.15, 0.2) is 0 Å². The summed E-state index contributed by atoms with van der Waals surface area (Å²) in [6.07, 6.45) is 0.930. The zero-order valence-electron chi connectivity index (χ0n) is 26.1. The third-order valence-corrected chi connectivity index (χ3v) is 6.58. The van der Waals surface area contributed by atoms with E-state index in [1.165, 1.54) is 0 Å². The molecule has 0 heterocycles. The minimum Gasteiger partial charge on any atom is -0.497 e. The molecule has 0 aliphatic carbocycles. The Balaban J connectivity index is 1.11. The van der Waals surface area contributed by atoms with Crippen molar-refractivity contribution in [3.8, 4) is 34.5 Å². The molecule has 4 rings (SSSR count). The molecule has 0 bridgehead atoms. The van der Waals surface area contributed by atoms with Gasteiger partial charge >= 0.3 is 12.2 Å². The average molecular weight is 641 g/mol. The van der Waals surface area contributed by atoms with E-state index in [1.54, 1.807) is 111 Å². The Bertz CT molecular complexity index is 1530. The van der Waals surface area contributed by atoms with Crippen molar-refractivity contribution in [2.24, 2.45) is 21.5 Å². The quantitative estimate of drug-likeness (QED) is 0.0928. The van der Waals surface area contributed by atoms with Crippen LogP contribution in [0.3, 0.4) is 0 Å². The van der Waals surface area contributed by atoms with Gasteiger partial charge in [0.05, 0.1) is 27.4 Å². The maximum atomic E-state index is 12.1. The number of nitrogens with zero attached hydrogens (tertiary/aromatic N) is 2. The molecule has 47 heavy (non-hydrogen) atoms. The number of carbonyl (C=O) groups excluding carboxylic acids is 2. The second-order valence-corrected chi connectivity index (χ2v) is 9.89. The molecule has 0 saturated heterocycles. The van der Waals surface area contributed by atoms with Crippen molar-refractivity contribution in [3.05, 3.63) is 108 Å². The van der Waals surface area contributed by atoms with E-state index in [-0.39, 0.29) is 11.7 Å². The fourth-order valence-electron chi connectivity index (χ4n) is 4.07. The van der Waals surface area contributed by atoms with E-state index < -0.39 is 12.2 Å². The molecule has 0 saturated carbocycles. The molecule has 0 atom stereocenters. The minimum absolute atomic E-state index is 0.0340. The molecule has 4 aromatic rings. The van der Waals surface area contributed by atoms with Crippen molar-refractivity contribution in [1.82, 2.24) is 0 Å². The average Bonchev–Trinajstić information content (AvgIpc) is 3.09. The molecule has 0 aliphatic rings. The third-order valence-electron chi connectivity index (χ3n) is 6.58. The van der Waals surface area contributed by atoms with Crippen molar-refractivity contribution in [1.29, 1.82) is 0 Å². The van der Waals surface area contributed by atoms with Crippen molar-refractivity contribution in [3.63, 3.8) is 0 Å². The number of carbonyl (C=O) groups is 2. The van der Waals surface area contributed by atoms with Crippen LogP contribution in [0, 0.1) is 0 Å². The van der Waals surface area contributed by atoms with Gasteiger partial charge in [-0.15, -0.1) is 0 Å². The molecule has 12 heteroatoms. The highest BCUT2D eigenvalue weighted by Crippen LogP contribution is 2.19. The Morgan fingerprint density at radius 3 is 1.15 bits per heavy atom. The van der Waals surface area contributed by atoms with Crippen LogP contribution < -0.4 is 39.9 Å². The lowest BCUT2D eigenvalue weighted by molar-refractivity contribution is 0.210. The molecule has 244 valence electrons. The number of rotatable bonds is 14. The smallest absolute Gasteiger partial charge is 0.441 e. The van der Waals surface area contributed by atoms with E-state index in [9.17, 15) is 9.59 Å². The highest BCUT2D eigenvalue weighted by molar-refractivity contribution is 6.03. The molecule has 0 aliphatic heterocycles. The fourth-order valence-corrected chi connectivity index (χ4v) is 4.07. The Kier molecular flexibility index (Phi) is 12.6. The van der Waals surface area contributed by atoms with E-state index in [1.807, 2.05) is 0 Å². The predicted octanol–water partition coefficient (Wildman–Crippen LogP) is 6.14. The number of hydrogen-bond acceptors (Lipinski definition) is 8. The van der Waals surface area contributed by atoms with Gasteiger partial charge in [0.1, 0.15) is 46.2 Å². The van der Waals surface area contributed by atoms with Gasteiger partial charge in [-0.05, 0) is 116 Å². The van der Waals surface area contributed by atoms with Crippen molar-refractivity contribution in [2.45, 2.75) is 19.3 Å². The molecule has 4 aromatic carbocycles. The number of hydrogen-bond donors (Lipinski definition) is 2. The Labute approximate surface area is 272 Å². The predicted molar refractivity (Wildman–Crippen MR) is 177 cm³/mol. The maximum Gasteiger partial charge on any atom is 0.441 e. The van der Waals surface area contributed by atoms with Crippen LogP contribution in [0.4, 0.5) is 9.59 Å². The first-order valence-corrected chi connectivity index (χ1v) is 14.7. The summed E-state index contributed by atoms with van der Waals surface area (Å²) >= 11 is 0. The molecule has 0 fully saturated rings. The normalized spacial score (nSPS) is 11.4. The SMILES string of the molecule is COc1ccc(OC(=O)/N=C(\N)c2ccc(OCCCCCOc3ccc(/C(N)=N/C(=O)Oc4ccc(OC)cc4)cc3)cc2)cc1. The molecular formula is C35H36N4O8. The van der Waals surface area contributed by atoms with Gasteiger partial charge in [0.25, 0.3) is 0 Å². The largest absolute Gasteiger partial charge is 0.497 e. The van der Waals surface area contributed by atoms with Crippen molar-refractivity contribution in [2.75, 3.05) is 27.4 Å². The molecule has 0 aromatic heterocycles. The van der Waals surface area contributed by atoms with Crippen LogP contribution in [0.5, 0.6) is 34.5 Å². The number of nitrogens with two attached hydrogens (primary N) is 2. The van der Waals surface area contributed by atoms with Gasteiger partial charge in [0.2, 0.25) is 0 Å². The molecular weight excluding hydrogens is 604 g/mol. The number of benzene rings is 4. The second kappa shape index (κ2) is 17.4. The first-order chi connectivity index (χ1) is 22.8. The number of methoxy groups -OCH3 is 2. The van der Waals surface area contributed by atoms with Gasteiger partial charge in [-0.3, -0.25) is 0 Å². The van der Waals surface area contributed by atoms with E-state index in [0.29, 0.717) is 58.8 Å². The third kappa shape index (κ3) is 11.1. The van der Waals surface area contributed by atoms with Gasteiger partial charge in [0, 0.05) is 11.1 Å². The first kappa shape index (κ1) is 33.8. The summed E-state index contributed by atoms with van der Waals surface area (Å²) in [5, 5.41) is 0. The topological polar surface area (TPSA) is 166 Å². The van der Waals surface area contributed by atoms with Crippen LogP contribution in [-0.2, 0) is 0 Å². The van der Waals surface area contributed by atoms with E-state index >= 15 is 0 Å². The van der Waals surface area contributed by atoms with Gasteiger partial charge < -0.3 is 39.9 Å². The minimum atomic E-state index is -0.825. The van der Waals surface area contributed by atoms with Crippen LogP contribution in [0.2, 0.25) is 0 Å². The summed E-state index contributed by atoms with van der Waals surface area (Å²) in [5.41, 5.74) is 13.1. The number of aliphatic imine (C=N–C) groups is 2. The number of unbranched alkanes of at least 4 members (excludes halogenated alkanes) is 2. The molecule has 0 unspecified atom stereocenters. The van der Waals surface area contributed by atoms with Crippen LogP contribution in [0.1, 0.15) is 30.4 Å². The lowest BCUT2D eigenvalue weighted by atomic mass is 10.2. The maximum absolute atomic E-state index is 12.1. The van der Waals surface area contributed by atoms with E-state index in [0.717, 1.165) is 19.3 Å². The molecule has 0 radical (unpaired) electrons. The Hall–Kier alpha value is -6.04. The highest BCUT2D eigenvalue weighted by atomic mass is 16.6. The van der Waals surface area contributed by atoms with Crippen LogP contribution in [0.25, 0.3) is 0 Å². The van der Waals surface area contributed by atoms with Crippen LogP contribution in [-0.4, -0.2) is 51.3 Å². The van der Waals surface area contributed by atoms with E-state index in [4.69, 9.17) is 39.9 Å². The molecule has 4 N–H and O–H groups in total. The molecule has 12 nitrogen and oxygen atoms in total. The summed E-state index contributed by atoms with van der Waals surface area (Å²) in [7, 11) is 3.10. The van der Waals surface area contributed by atoms with Crippen molar-refractivity contribution < 1.29 is 38.0 Å². The summed E-state index contributed by atoms with van der Waals surface area (Å²) < 4.78 is 32.1. The van der Waals surface area contributed by atoms with Crippen molar-refractivity contribution >= 4 is 23.9 Å². The first-order valence-electron chi connectivity index (χ1n) is 14.7. The Morgan fingerprint density at radius 1 is 0.489 bits per heavy atom. The molecule has 0 spiro atoms. The zero-order valence-corrected chi connectivity index (χ0v) is 26.1. The lowest BCUT2D eigenvalue weighted by Crippen LogP contribution is -2.17. The summed E-state index contributed by atoms with van der Waals surface area (Å²) in [6.45, 7) is 1.07. The van der Waals surface area contributed by atoms with Gasteiger partial charge in [-0.2, -0.15) is 9.98 Å². The summed E-state index contributed by atoms with van der Waals surface area (Å²) in [5.74, 6) is 3.37. The zero-order chi connectivity index (χ0) is 33.4. The van der Waals surface area contributed by atoms with Gasteiger partial charge in [-0.1, -0.05) is 0 Å². The number of amides is 2. The van der Waals surface area contributed by atoms with Crippen LogP contribution >= 0.6 is 0 Å². The highest BCUT2D eigenvalue weighted by Gasteiger charge is 2.09. The Morgan fingerprint density at radius 2 is 0.809 bits per heavy atom. The summed E-state index contributed by atoms with van der Waals surface area (Å²) in [6, 6.07) is 27.1. The standard InChI is InChI=1S/C35H36N4O8/c1-42-26-14-18-30(19-15-26)46-34(40)38-32(36)24-6-10-28(11-7-24)44-22-4-3-5-23-45-29-12-8-25(9-13-29)33(37)39-35(41)47-31-20-16-27(43-2)17-21-31/h6-21H,3-5,22-23H2,1-2H3,(H2,36,38,40)(H2,37,39,41). The second-order valence-electron chi connectivity index (χ2n) is 9.89.